The lowest BCUT2D eigenvalue weighted by atomic mass is 9.82. The van der Waals surface area contributed by atoms with Crippen LogP contribution in [0.1, 0.15) is 40.5 Å². The highest BCUT2D eigenvalue weighted by molar-refractivity contribution is 5.92. The third-order valence-corrected chi connectivity index (χ3v) is 5.71. The standard InChI is InChI=1S/C20H26O6/c1-6-10(2)18(22)25-15-9-20(5)16(26-20)8-13(21)11(3)7-14-17(15)12(4)19(23)24-14/h6-7,13-17,21H,4,8-9H2,1-3,5H3/b10-6+,11-7-/t13-,14+,15+,16+,17-,20+/m0/s1. The van der Waals surface area contributed by atoms with Gasteiger partial charge >= 0.3 is 11.9 Å². The molecule has 0 saturated carbocycles. The third kappa shape index (κ3) is 3.35. The van der Waals surface area contributed by atoms with Crippen LogP contribution in [-0.2, 0) is 23.8 Å². The van der Waals surface area contributed by atoms with Crippen LogP contribution in [0, 0.1) is 5.92 Å². The van der Waals surface area contributed by atoms with Crippen molar-refractivity contribution < 1.29 is 28.9 Å². The summed E-state index contributed by atoms with van der Waals surface area (Å²) in [5, 5.41) is 10.4. The molecule has 0 amide bonds. The molecule has 3 rings (SSSR count). The van der Waals surface area contributed by atoms with Gasteiger partial charge in [-0.25, -0.2) is 9.59 Å². The number of fused-ring (bicyclic) bond motifs is 2. The summed E-state index contributed by atoms with van der Waals surface area (Å²) < 4.78 is 17.0. The van der Waals surface area contributed by atoms with Gasteiger partial charge in [-0.15, -0.1) is 0 Å². The maximum Gasteiger partial charge on any atom is 0.334 e. The fourth-order valence-electron chi connectivity index (χ4n) is 3.70. The first kappa shape index (κ1) is 18.9. The van der Waals surface area contributed by atoms with Crippen LogP contribution < -0.4 is 0 Å². The molecule has 0 aromatic rings. The number of ether oxygens (including phenoxy) is 3. The van der Waals surface area contributed by atoms with E-state index in [1.165, 1.54) is 0 Å². The van der Waals surface area contributed by atoms with E-state index in [1.54, 1.807) is 32.9 Å². The summed E-state index contributed by atoms with van der Waals surface area (Å²) in [5.41, 5.74) is 0.974. The molecule has 0 radical (unpaired) electrons. The second-order valence-electron chi connectivity index (χ2n) is 7.62. The predicted octanol–water partition coefficient (Wildman–Crippen LogP) is 2.22. The number of esters is 2. The van der Waals surface area contributed by atoms with Crippen molar-refractivity contribution in [3.05, 3.63) is 35.5 Å². The van der Waals surface area contributed by atoms with E-state index in [0.29, 0.717) is 24.0 Å². The highest BCUT2D eigenvalue weighted by Gasteiger charge is 2.57. The molecular weight excluding hydrogens is 336 g/mol. The Morgan fingerprint density at radius 1 is 1.50 bits per heavy atom. The SMILES string of the molecule is C=C1C(=O)O[C@@H]2/C=C(/C)[C@@H](O)C[C@H]3O[C@]3(C)C[C@@H](OC(=O)/C(C)=C/C)[C@@H]12. The van der Waals surface area contributed by atoms with Crippen LogP contribution in [0.4, 0.5) is 0 Å². The highest BCUT2D eigenvalue weighted by Crippen LogP contribution is 2.47. The number of aliphatic hydroxyl groups is 1. The zero-order valence-electron chi connectivity index (χ0n) is 15.7. The number of allylic oxidation sites excluding steroid dienone is 1. The minimum absolute atomic E-state index is 0.118. The molecule has 3 aliphatic rings. The summed E-state index contributed by atoms with van der Waals surface area (Å²) in [4.78, 5) is 24.5. The quantitative estimate of drug-likeness (QED) is 0.351. The van der Waals surface area contributed by atoms with Crippen molar-refractivity contribution in [2.45, 2.75) is 70.6 Å². The van der Waals surface area contributed by atoms with E-state index in [-0.39, 0.29) is 11.7 Å². The summed E-state index contributed by atoms with van der Waals surface area (Å²) in [5.74, 6) is -1.43. The largest absolute Gasteiger partial charge is 0.458 e. The minimum Gasteiger partial charge on any atom is -0.458 e. The van der Waals surface area contributed by atoms with E-state index in [2.05, 4.69) is 6.58 Å². The van der Waals surface area contributed by atoms with Crippen LogP contribution >= 0.6 is 0 Å². The molecule has 142 valence electrons. The Kier molecular flexibility index (Phi) is 4.84. The summed E-state index contributed by atoms with van der Waals surface area (Å²) >= 11 is 0. The molecule has 2 aliphatic heterocycles. The number of hydrogen-bond acceptors (Lipinski definition) is 6. The van der Waals surface area contributed by atoms with Gasteiger partial charge in [0.05, 0.1) is 23.7 Å². The lowest BCUT2D eigenvalue weighted by molar-refractivity contribution is -0.148. The van der Waals surface area contributed by atoms with Crippen LogP contribution in [0.2, 0.25) is 0 Å². The molecule has 0 bridgehead atoms. The van der Waals surface area contributed by atoms with Gasteiger partial charge in [0, 0.05) is 24.0 Å². The second kappa shape index (κ2) is 6.67. The van der Waals surface area contributed by atoms with Gasteiger partial charge in [0.25, 0.3) is 0 Å². The normalized spacial score (nSPS) is 42.1. The van der Waals surface area contributed by atoms with Gasteiger partial charge in [-0.3, -0.25) is 0 Å². The Hall–Kier alpha value is -1.92. The number of hydrogen-bond donors (Lipinski definition) is 1. The van der Waals surface area contributed by atoms with Crippen LogP contribution in [0.15, 0.2) is 35.5 Å². The number of epoxide rings is 1. The molecule has 26 heavy (non-hydrogen) atoms. The van der Waals surface area contributed by atoms with E-state index in [9.17, 15) is 14.7 Å². The van der Waals surface area contributed by atoms with E-state index >= 15 is 0 Å². The Morgan fingerprint density at radius 2 is 2.19 bits per heavy atom. The predicted molar refractivity (Wildman–Crippen MR) is 94.1 cm³/mol. The molecule has 6 nitrogen and oxygen atoms in total. The fraction of sp³-hybridized carbons (Fsp3) is 0.600. The van der Waals surface area contributed by atoms with Crippen LogP contribution in [0.5, 0.6) is 0 Å². The Labute approximate surface area is 153 Å². The van der Waals surface area contributed by atoms with Crippen LogP contribution in [0.25, 0.3) is 0 Å². The van der Waals surface area contributed by atoms with Crippen molar-refractivity contribution in [1.29, 1.82) is 0 Å². The molecule has 1 N–H and O–H groups in total. The van der Waals surface area contributed by atoms with E-state index in [0.717, 1.165) is 0 Å². The molecule has 2 saturated heterocycles. The molecule has 1 aliphatic carbocycles. The zero-order chi connectivity index (χ0) is 19.2. The molecule has 2 fully saturated rings. The van der Waals surface area contributed by atoms with E-state index < -0.39 is 41.8 Å². The maximum atomic E-state index is 12.4. The van der Waals surface area contributed by atoms with E-state index in [4.69, 9.17) is 14.2 Å². The summed E-state index contributed by atoms with van der Waals surface area (Å²) in [6.07, 6.45) is 2.29. The lowest BCUT2D eigenvalue weighted by Crippen LogP contribution is -2.37. The van der Waals surface area contributed by atoms with Gasteiger partial charge in [-0.05, 0) is 39.3 Å². The first-order chi connectivity index (χ1) is 12.2. The molecule has 6 atom stereocenters. The van der Waals surface area contributed by atoms with Gasteiger partial charge in [0.2, 0.25) is 0 Å². The van der Waals surface area contributed by atoms with Gasteiger partial charge in [-0.2, -0.15) is 0 Å². The van der Waals surface area contributed by atoms with Gasteiger partial charge in [0.15, 0.2) is 0 Å². The lowest BCUT2D eigenvalue weighted by Gasteiger charge is -2.29. The van der Waals surface area contributed by atoms with Crippen molar-refractivity contribution in [2.75, 3.05) is 0 Å². The average Bonchev–Trinajstić information content (AvgIpc) is 3.11. The summed E-state index contributed by atoms with van der Waals surface area (Å²) in [6.45, 7) is 11.0. The Morgan fingerprint density at radius 3 is 2.85 bits per heavy atom. The Bertz CT molecular complexity index is 705. The van der Waals surface area contributed by atoms with Crippen LogP contribution in [-0.4, -0.2) is 47.1 Å². The van der Waals surface area contributed by atoms with Crippen molar-refractivity contribution in [3.63, 3.8) is 0 Å². The number of aliphatic hydroxyl groups excluding tert-OH is 1. The van der Waals surface area contributed by atoms with Crippen molar-refractivity contribution in [1.82, 2.24) is 0 Å². The highest BCUT2D eigenvalue weighted by atomic mass is 16.6. The molecular formula is C20H26O6. The van der Waals surface area contributed by atoms with E-state index in [1.807, 2.05) is 6.92 Å². The van der Waals surface area contributed by atoms with Crippen molar-refractivity contribution >= 4 is 11.9 Å². The number of rotatable bonds is 2. The summed E-state index contributed by atoms with van der Waals surface area (Å²) in [7, 11) is 0. The van der Waals surface area contributed by atoms with Crippen molar-refractivity contribution in [3.8, 4) is 0 Å². The van der Waals surface area contributed by atoms with Gasteiger partial charge in [-0.1, -0.05) is 12.7 Å². The van der Waals surface area contributed by atoms with Crippen molar-refractivity contribution in [2.24, 2.45) is 5.92 Å². The first-order valence-electron chi connectivity index (χ1n) is 8.94. The molecule has 6 heteroatoms. The Balaban J connectivity index is 1.98. The van der Waals surface area contributed by atoms with Gasteiger partial charge in [0.1, 0.15) is 12.2 Å². The number of carbonyl (C=O) groups is 2. The summed E-state index contributed by atoms with van der Waals surface area (Å²) in [6, 6.07) is 0. The molecule has 0 unspecified atom stereocenters. The van der Waals surface area contributed by atoms with Crippen LogP contribution in [0.3, 0.4) is 0 Å². The molecule has 0 aromatic heterocycles. The topological polar surface area (TPSA) is 85.4 Å². The molecule has 2 heterocycles. The second-order valence-corrected chi connectivity index (χ2v) is 7.62. The number of carbonyl (C=O) groups excluding carboxylic acids is 2. The first-order valence-corrected chi connectivity index (χ1v) is 8.94. The van der Waals surface area contributed by atoms with Gasteiger partial charge < -0.3 is 19.3 Å². The average molecular weight is 362 g/mol. The minimum atomic E-state index is -0.667. The fourth-order valence-corrected chi connectivity index (χ4v) is 3.70. The molecule has 0 spiro atoms. The smallest absolute Gasteiger partial charge is 0.334 e. The maximum absolute atomic E-state index is 12.4. The third-order valence-electron chi connectivity index (χ3n) is 5.71. The molecule has 0 aromatic carbocycles. The monoisotopic (exact) mass is 362 g/mol. The zero-order valence-corrected chi connectivity index (χ0v) is 15.7.